The Morgan fingerprint density at radius 2 is 1.68 bits per heavy atom. The molecule has 0 radical (unpaired) electrons. The van der Waals surface area contributed by atoms with Gasteiger partial charge in [-0.3, -0.25) is 14.7 Å². The first kappa shape index (κ1) is 36.3. The van der Waals surface area contributed by atoms with E-state index >= 15 is 0 Å². The molecule has 16 heteroatoms. The number of piperidine rings is 1. The number of rotatable bonds is 10. The van der Waals surface area contributed by atoms with Gasteiger partial charge in [0.15, 0.2) is 0 Å². The molecule has 0 spiro atoms. The molecule has 1 unspecified atom stereocenters. The van der Waals surface area contributed by atoms with Crippen LogP contribution in [0, 0.1) is 18.3 Å². The predicted molar refractivity (Wildman–Crippen MR) is 180 cm³/mol. The lowest BCUT2D eigenvalue weighted by atomic mass is 10.0. The van der Waals surface area contributed by atoms with Crippen LogP contribution in [0.2, 0.25) is 0 Å². The number of likely N-dealkylation sites (tertiary alicyclic amines) is 1. The number of nitrogens with zero attached hydrogens (tertiary/aromatic N) is 7. The first-order chi connectivity index (χ1) is 23.7. The van der Waals surface area contributed by atoms with E-state index in [9.17, 15) is 36.7 Å². The second-order valence-electron chi connectivity index (χ2n) is 13.4. The quantitative estimate of drug-likeness (QED) is 0.185. The second kappa shape index (κ2) is 14.6. The number of nitriles is 1. The SMILES string of the molecule is Cc1c(CN2CCC(Nc3ncnc4sc(CC(F)(F)F)cc34)CC2)ccc2c1cc(C#N)n2C[C@H](C)N1CCN(C(O)CC(F)(F)F)CC1. The van der Waals surface area contributed by atoms with Crippen molar-refractivity contribution in [3.8, 4) is 6.07 Å². The Morgan fingerprint density at radius 1 is 0.980 bits per heavy atom. The molecule has 1 aromatic carbocycles. The summed E-state index contributed by atoms with van der Waals surface area (Å²) in [6, 6.07) is 10.1. The van der Waals surface area contributed by atoms with Crippen molar-refractivity contribution in [1.29, 1.82) is 5.26 Å². The number of fused-ring (bicyclic) bond motifs is 2. The van der Waals surface area contributed by atoms with Gasteiger partial charge in [-0.1, -0.05) is 6.07 Å². The van der Waals surface area contributed by atoms with Crippen LogP contribution in [0.4, 0.5) is 32.2 Å². The van der Waals surface area contributed by atoms with E-state index in [1.54, 1.807) is 0 Å². The number of hydrogen-bond donors (Lipinski definition) is 2. The molecule has 2 saturated heterocycles. The molecule has 0 aliphatic carbocycles. The number of piperazine rings is 1. The molecule has 2 aliphatic heterocycles. The molecular weight excluding hydrogens is 682 g/mol. The molecule has 2 aliphatic rings. The van der Waals surface area contributed by atoms with E-state index in [1.165, 1.54) is 22.9 Å². The van der Waals surface area contributed by atoms with Gasteiger partial charge in [-0.25, -0.2) is 9.97 Å². The van der Waals surface area contributed by atoms with Crippen molar-refractivity contribution in [2.45, 2.75) is 83.3 Å². The second-order valence-corrected chi connectivity index (χ2v) is 14.5. The van der Waals surface area contributed by atoms with Gasteiger partial charge >= 0.3 is 12.4 Å². The number of aliphatic hydroxyl groups is 1. The van der Waals surface area contributed by atoms with Gasteiger partial charge in [-0.2, -0.15) is 31.6 Å². The Balaban J connectivity index is 1.06. The van der Waals surface area contributed by atoms with Crippen LogP contribution >= 0.6 is 11.3 Å². The summed E-state index contributed by atoms with van der Waals surface area (Å²) in [5.41, 5.74) is 3.78. The smallest absolute Gasteiger partial charge is 0.378 e. The predicted octanol–water partition coefficient (Wildman–Crippen LogP) is 6.28. The fourth-order valence-electron chi connectivity index (χ4n) is 7.15. The number of alkyl halides is 6. The first-order valence-electron chi connectivity index (χ1n) is 16.7. The molecule has 2 atom stereocenters. The maximum absolute atomic E-state index is 12.9. The highest BCUT2D eigenvalue weighted by molar-refractivity contribution is 7.18. The highest BCUT2D eigenvalue weighted by Crippen LogP contribution is 2.34. The zero-order valence-corrected chi connectivity index (χ0v) is 28.7. The number of thiophene rings is 1. The molecule has 0 amide bonds. The molecule has 270 valence electrons. The molecule has 5 heterocycles. The number of aromatic nitrogens is 3. The number of aryl methyl sites for hydroxylation is 1. The average Bonchev–Trinajstić information content (AvgIpc) is 3.63. The Labute approximate surface area is 290 Å². The third kappa shape index (κ3) is 8.51. The van der Waals surface area contributed by atoms with E-state index in [-0.39, 0.29) is 17.0 Å². The highest BCUT2D eigenvalue weighted by Gasteiger charge is 2.35. The minimum atomic E-state index is -4.42. The summed E-state index contributed by atoms with van der Waals surface area (Å²) in [7, 11) is 0. The number of nitrogens with one attached hydrogen (secondary N) is 1. The fourth-order valence-corrected chi connectivity index (χ4v) is 8.18. The zero-order chi connectivity index (χ0) is 35.8. The van der Waals surface area contributed by atoms with Gasteiger partial charge in [-0.15, -0.1) is 11.3 Å². The summed E-state index contributed by atoms with van der Waals surface area (Å²) >= 11 is 1.04. The average molecular weight is 723 g/mol. The minimum absolute atomic E-state index is 0.0228. The lowest BCUT2D eigenvalue weighted by Gasteiger charge is -2.40. The van der Waals surface area contributed by atoms with Gasteiger partial charge in [0.1, 0.15) is 35.0 Å². The van der Waals surface area contributed by atoms with Crippen molar-refractivity contribution in [3.63, 3.8) is 0 Å². The van der Waals surface area contributed by atoms with Crippen molar-refractivity contribution in [1.82, 2.24) is 29.2 Å². The monoisotopic (exact) mass is 722 g/mol. The lowest BCUT2D eigenvalue weighted by Crippen LogP contribution is -2.54. The normalized spacial score (nSPS) is 18.9. The molecule has 0 saturated carbocycles. The summed E-state index contributed by atoms with van der Waals surface area (Å²) in [6.07, 6.45) is -9.41. The number of halogens is 6. The Morgan fingerprint density at radius 3 is 2.34 bits per heavy atom. The molecule has 4 aromatic rings. The van der Waals surface area contributed by atoms with E-state index in [0.29, 0.717) is 54.5 Å². The van der Waals surface area contributed by atoms with Crippen LogP contribution in [-0.2, 0) is 19.5 Å². The van der Waals surface area contributed by atoms with Crippen molar-refractivity contribution in [3.05, 3.63) is 52.3 Å². The maximum atomic E-state index is 12.9. The van der Waals surface area contributed by atoms with Crippen molar-refractivity contribution < 1.29 is 31.4 Å². The van der Waals surface area contributed by atoms with E-state index in [0.717, 1.165) is 60.3 Å². The maximum Gasteiger partial charge on any atom is 0.393 e. The molecule has 50 heavy (non-hydrogen) atoms. The Kier molecular flexibility index (Phi) is 10.6. The fraction of sp³-hybridized carbons (Fsp3) is 0.559. The van der Waals surface area contributed by atoms with Crippen LogP contribution in [0.3, 0.4) is 0 Å². The molecule has 9 nitrogen and oxygen atoms in total. The van der Waals surface area contributed by atoms with E-state index in [4.69, 9.17) is 0 Å². The Hall–Kier alpha value is -3.49. The summed E-state index contributed by atoms with van der Waals surface area (Å²) in [4.78, 5) is 15.3. The topological polar surface area (TPSA) is 96.5 Å². The van der Waals surface area contributed by atoms with Crippen LogP contribution in [0.15, 0.2) is 30.6 Å². The van der Waals surface area contributed by atoms with Gasteiger partial charge < -0.3 is 15.0 Å². The van der Waals surface area contributed by atoms with E-state index in [1.807, 2.05) is 17.6 Å². The van der Waals surface area contributed by atoms with Crippen LogP contribution in [0.1, 0.15) is 47.9 Å². The summed E-state index contributed by atoms with van der Waals surface area (Å²) < 4.78 is 79.1. The Bertz CT molecular complexity index is 1830. The molecular formula is C34H40F6N8OS. The van der Waals surface area contributed by atoms with Crippen LogP contribution < -0.4 is 5.32 Å². The minimum Gasteiger partial charge on any atom is -0.378 e. The standard InChI is InChI=1S/C34H40F6N8OS/c1-21(46-9-11-47(12-10-46)30(49)16-34(38,39)40)18-48-25(17-41)13-27-22(2)23(3-4-29(27)48)19-45-7-5-24(6-8-45)44-31-28-14-26(15-33(35,36)37)50-32(28)43-20-42-31/h3-4,13-14,20-21,24,30,49H,5-12,15-16,18-19H2,1-2H3,(H,42,43,44)/t21-,30?/m0/s1. The van der Waals surface area contributed by atoms with Gasteiger partial charge in [0.05, 0.1) is 18.2 Å². The van der Waals surface area contributed by atoms with Crippen LogP contribution in [-0.4, -0.2) is 104 Å². The van der Waals surface area contributed by atoms with Crippen molar-refractivity contribution in [2.24, 2.45) is 0 Å². The van der Waals surface area contributed by atoms with Crippen LogP contribution in [0.25, 0.3) is 21.1 Å². The third-order valence-corrected chi connectivity index (χ3v) is 11.0. The first-order valence-corrected chi connectivity index (χ1v) is 17.5. The van der Waals surface area contributed by atoms with Gasteiger partial charge in [-0.05, 0) is 56.0 Å². The third-order valence-electron chi connectivity index (χ3n) is 9.91. The molecule has 2 fully saturated rings. The summed E-state index contributed by atoms with van der Waals surface area (Å²) in [5, 5.41) is 25.1. The number of aliphatic hydroxyl groups excluding tert-OH is 1. The highest BCUT2D eigenvalue weighted by atomic mass is 32.1. The zero-order valence-electron chi connectivity index (χ0n) is 27.9. The van der Waals surface area contributed by atoms with Crippen molar-refractivity contribution in [2.75, 3.05) is 44.6 Å². The molecule has 2 N–H and O–H groups in total. The van der Waals surface area contributed by atoms with E-state index in [2.05, 4.69) is 50.2 Å². The van der Waals surface area contributed by atoms with Crippen molar-refractivity contribution >= 4 is 38.3 Å². The molecule has 0 bridgehead atoms. The van der Waals surface area contributed by atoms with Gasteiger partial charge in [0.2, 0.25) is 0 Å². The summed E-state index contributed by atoms with van der Waals surface area (Å²) in [5.74, 6) is 0.563. The number of benzene rings is 1. The van der Waals surface area contributed by atoms with Gasteiger partial charge in [0.25, 0.3) is 0 Å². The lowest BCUT2D eigenvalue weighted by molar-refractivity contribution is -0.177. The largest absolute Gasteiger partial charge is 0.393 e. The van der Waals surface area contributed by atoms with E-state index < -0.39 is 31.4 Å². The summed E-state index contributed by atoms with van der Waals surface area (Å²) in [6.45, 7) is 8.77. The van der Waals surface area contributed by atoms with Crippen LogP contribution in [0.5, 0.6) is 0 Å². The molecule has 6 rings (SSSR count). The molecule has 3 aromatic heterocycles. The number of anilines is 1. The van der Waals surface area contributed by atoms with Gasteiger partial charge in [0, 0.05) is 80.2 Å². The number of hydrogen-bond acceptors (Lipinski definition) is 9.